The van der Waals surface area contributed by atoms with Gasteiger partial charge in [0.15, 0.2) is 0 Å². The number of hydrogen-bond donors (Lipinski definition) is 1. The summed E-state index contributed by atoms with van der Waals surface area (Å²) >= 11 is 0. The summed E-state index contributed by atoms with van der Waals surface area (Å²) in [5, 5.41) is 2.98. The molecule has 0 aromatic heterocycles. The summed E-state index contributed by atoms with van der Waals surface area (Å²) in [6.07, 6.45) is 2.21. The van der Waals surface area contributed by atoms with Crippen molar-refractivity contribution in [3.05, 3.63) is 100 Å². The van der Waals surface area contributed by atoms with Gasteiger partial charge in [0.25, 0.3) is 17.7 Å². The van der Waals surface area contributed by atoms with E-state index in [1.807, 2.05) is 0 Å². The maximum atomic E-state index is 12.6. The van der Waals surface area contributed by atoms with Crippen LogP contribution in [0.15, 0.2) is 66.7 Å². The lowest BCUT2D eigenvalue weighted by Gasteiger charge is -2.27. The van der Waals surface area contributed by atoms with Crippen LogP contribution in [0, 0.1) is 0 Å². The van der Waals surface area contributed by atoms with Gasteiger partial charge in [0.05, 0.1) is 17.7 Å². The first-order valence-electron chi connectivity index (χ1n) is 11.2. The van der Waals surface area contributed by atoms with Gasteiger partial charge in [0.1, 0.15) is 0 Å². The molecule has 0 atom stereocenters. The Labute approximate surface area is 192 Å². The largest absolute Gasteiger partial charge is 0.374 e. The Hall–Kier alpha value is -3.93. The Balaban J connectivity index is 1.21. The fourth-order valence-electron chi connectivity index (χ4n) is 4.56. The molecular weight excluding hydrogens is 414 g/mol. The molecule has 6 nitrogen and oxygen atoms in total. The third-order valence-corrected chi connectivity index (χ3v) is 6.38. The Morgan fingerprint density at radius 1 is 0.909 bits per heavy atom. The van der Waals surface area contributed by atoms with E-state index in [4.69, 9.17) is 0 Å². The normalized spacial score (nSPS) is 14.8. The van der Waals surface area contributed by atoms with Crippen LogP contribution in [0.4, 0.5) is 5.69 Å². The van der Waals surface area contributed by atoms with E-state index >= 15 is 0 Å². The average Bonchev–Trinajstić information content (AvgIpc) is 3.08. The summed E-state index contributed by atoms with van der Waals surface area (Å²) in [5.41, 5.74) is 5.89. The second-order valence-corrected chi connectivity index (χ2v) is 8.61. The molecule has 3 amide bonds. The van der Waals surface area contributed by atoms with Crippen molar-refractivity contribution >= 4 is 23.4 Å². The van der Waals surface area contributed by atoms with Gasteiger partial charge in [-0.25, -0.2) is 0 Å². The monoisotopic (exact) mass is 439 g/mol. The summed E-state index contributed by atoms with van der Waals surface area (Å²) in [5.74, 6) is -0.723. The molecule has 0 spiro atoms. The van der Waals surface area contributed by atoms with Crippen LogP contribution < -0.4 is 10.2 Å². The van der Waals surface area contributed by atoms with E-state index in [0.717, 1.165) is 30.5 Å². The van der Waals surface area contributed by atoms with E-state index in [9.17, 15) is 14.4 Å². The molecule has 2 heterocycles. The fraction of sp³-hybridized carbons (Fsp3) is 0.222. The number of anilines is 1. The second-order valence-electron chi connectivity index (χ2n) is 8.61. The van der Waals surface area contributed by atoms with Gasteiger partial charge < -0.3 is 10.2 Å². The summed E-state index contributed by atoms with van der Waals surface area (Å²) in [6.45, 7) is 1.72. The van der Waals surface area contributed by atoms with E-state index in [2.05, 4.69) is 35.5 Å². The highest BCUT2D eigenvalue weighted by molar-refractivity contribution is 6.21. The maximum Gasteiger partial charge on any atom is 0.261 e. The quantitative estimate of drug-likeness (QED) is 0.614. The van der Waals surface area contributed by atoms with Crippen molar-refractivity contribution in [2.24, 2.45) is 0 Å². The highest BCUT2D eigenvalue weighted by Gasteiger charge is 2.34. The number of carbonyl (C=O) groups is 3. The first-order chi connectivity index (χ1) is 16.0. The fourth-order valence-corrected chi connectivity index (χ4v) is 4.56. The minimum Gasteiger partial charge on any atom is -0.374 e. The zero-order valence-corrected chi connectivity index (χ0v) is 18.5. The van der Waals surface area contributed by atoms with Gasteiger partial charge in [-0.05, 0) is 59.9 Å². The third-order valence-electron chi connectivity index (χ3n) is 6.38. The number of carbonyl (C=O) groups excluding carboxylic acids is 3. The molecule has 0 saturated heterocycles. The Morgan fingerprint density at radius 2 is 1.58 bits per heavy atom. The van der Waals surface area contributed by atoms with Gasteiger partial charge in [-0.1, -0.05) is 36.4 Å². The molecular formula is C27H25N3O3. The SMILES string of the molecule is CN1CCCc2cc(CNC(=O)c3ccc(CN4C(=O)c5ccccc5C4=O)cc3)ccc21. The van der Waals surface area contributed by atoms with E-state index in [-0.39, 0.29) is 24.3 Å². The van der Waals surface area contributed by atoms with Gasteiger partial charge in [-0.2, -0.15) is 0 Å². The highest BCUT2D eigenvalue weighted by Crippen LogP contribution is 2.27. The number of rotatable bonds is 5. The van der Waals surface area contributed by atoms with Crippen LogP contribution in [0.1, 0.15) is 54.2 Å². The van der Waals surface area contributed by atoms with Crippen molar-refractivity contribution in [2.45, 2.75) is 25.9 Å². The zero-order valence-electron chi connectivity index (χ0n) is 18.5. The van der Waals surface area contributed by atoms with Crippen LogP contribution >= 0.6 is 0 Å². The molecule has 166 valence electrons. The number of aryl methyl sites for hydroxylation is 1. The van der Waals surface area contributed by atoms with Crippen LogP contribution in [-0.4, -0.2) is 36.2 Å². The minimum atomic E-state index is -0.284. The molecule has 0 fully saturated rings. The zero-order chi connectivity index (χ0) is 22.9. The predicted octanol–water partition coefficient (Wildman–Crippen LogP) is 3.80. The summed E-state index contributed by atoms with van der Waals surface area (Å²) < 4.78 is 0. The number of benzene rings is 3. The second kappa shape index (κ2) is 8.54. The maximum absolute atomic E-state index is 12.6. The standard InChI is InChI=1S/C27H25N3O3/c1-29-14-4-5-21-15-19(10-13-24(21)29)16-28-25(31)20-11-8-18(9-12-20)17-30-26(32)22-6-2-3-7-23(22)27(30)33/h2-3,6-13,15H,4-5,14,16-17H2,1H3,(H,28,31). The van der Waals surface area contributed by atoms with Gasteiger partial charge in [0.2, 0.25) is 0 Å². The van der Waals surface area contributed by atoms with Crippen molar-refractivity contribution in [1.82, 2.24) is 10.2 Å². The molecule has 3 aromatic rings. The van der Waals surface area contributed by atoms with Crippen molar-refractivity contribution in [3.63, 3.8) is 0 Å². The topological polar surface area (TPSA) is 69.7 Å². The molecule has 2 aliphatic heterocycles. The lowest BCUT2D eigenvalue weighted by molar-refractivity contribution is 0.0641. The van der Waals surface area contributed by atoms with E-state index < -0.39 is 0 Å². The molecule has 1 N–H and O–H groups in total. The number of hydrogen-bond acceptors (Lipinski definition) is 4. The van der Waals surface area contributed by atoms with Crippen LogP contribution in [0.5, 0.6) is 0 Å². The Morgan fingerprint density at radius 3 is 2.27 bits per heavy atom. The minimum absolute atomic E-state index is 0.155. The first-order valence-corrected chi connectivity index (χ1v) is 11.2. The molecule has 6 heteroatoms. The van der Waals surface area contributed by atoms with Gasteiger partial charge in [0, 0.05) is 31.4 Å². The highest BCUT2D eigenvalue weighted by atomic mass is 16.2. The molecule has 0 bridgehead atoms. The smallest absolute Gasteiger partial charge is 0.261 e. The Bertz CT molecular complexity index is 1210. The van der Waals surface area contributed by atoms with Crippen LogP contribution in [0.2, 0.25) is 0 Å². The van der Waals surface area contributed by atoms with Crippen molar-refractivity contribution < 1.29 is 14.4 Å². The number of fused-ring (bicyclic) bond motifs is 2. The van der Waals surface area contributed by atoms with E-state index in [1.54, 1.807) is 48.5 Å². The predicted molar refractivity (Wildman–Crippen MR) is 126 cm³/mol. The lowest BCUT2D eigenvalue weighted by Crippen LogP contribution is -2.29. The third kappa shape index (κ3) is 4.00. The van der Waals surface area contributed by atoms with Gasteiger partial charge >= 0.3 is 0 Å². The van der Waals surface area contributed by atoms with Gasteiger partial charge in [-0.15, -0.1) is 0 Å². The van der Waals surface area contributed by atoms with Crippen LogP contribution in [-0.2, 0) is 19.5 Å². The van der Waals surface area contributed by atoms with Gasteiger partial charge in [-0.3, -0.25) is 19.3 Å². The lowest BCUT2D eigenvalue weighted by atomic mass is 9.99. The van der Waals surface area contributed by atoms with Crippen LogP contribution in [0.25, 0.3) is 0 Å². The summed E-state index contributed by atoms with van der Waals surface area (Å²) in [4.78, 5) is 41.2. The molecule has 0 unspecified atom stereocenters. The first kappa shape index (κ1) is 20.9. The molecule has 5 rings (SSSR count). The van der Waals surface area contributed by atoms with Crippen molar-refractivity contribution in [1.29, 1.82) is 0 Å². The molecule has 33 heavy (non-hydrogen) atoms. The average molecular weight is 440 g/mol. The van der Waals surface area contributed by atoms with Crippen molar-refractivity contribution in [2.75, 3.05) is 18.5 Å². The molecule has 0 saturated carbocycles. The molecule has 3 aromatic carbocycles. The molecule has 2 aliphatic rings. The molecule has 0 radical (unpaired) electrons. The molecule has 0 aliphatic carbocycles. The van der Waals surface area contributed by atoms with E-state index in [1.165, 1.54) is 16.2 Å². The van der Waals surface area contributed by atoms with E-state index in [0.29, 0.717) is 23.2 Å². The number of nitrogens with one attached hydrogen (secondary N) is 1. The Kier molecular flexibility index (Phi) is 5.42. The van der Waals surface area contributed by atoms with Crippen molar-refractivity contribution in [3.8, 4) is 0 Å². The summed E-state index contributed by atoms with van der Waals surface area (Å²) in [7, 11) is 2.11. The summed E-state index contributed by atoms with van der Waals surface area (Å²) in [6, 6.07) is 20.2. The number of amides is 3. The number of imide groups is 1. The van der Waals surface area contributed by atoms with Crippen LogP contribution in [0.3, 0.4) is 0 Å². The number of nitrogens with zero attached hydrogens (tertiary/aromatic N) is 2.